The van der Waals surface area contributed by atoms with Crippen molar-refractivity contribution in [3.63, 3.8) is 0 Å². The summed E-state index contributed by atoms with van der Waals surface area (Å²) in [6.07, 6.45) is 0. The third-order valence-corrected chi connectivity index (χ3v) is 3.15. The van der Waals surface area contributed by atoms with E-state index in [-0.39, 0.29) is 11.9 Å². The van der Waals surface area contributed by atoms with Gasteiger partial charge in [0, 0.05) is 25.3 Å². The molecule has 2 N–H and O–H groups in total. The summed E-state index contributed by atoms with van der Waals surface area (Å²) < 4.78 is 13.2. The van der Waals surface area contributed by atoms with Crippen LogP contribution < -0.4 is 10.6 Å². The first-order valence-electron chi connectivity index (χ1n) is 6.38. The van der Waals surface area contributed by atoms with Gasteiger partial charge >= 0.3 is 0 Å². The number of rotatable bonds is 4. The maximum atomic E-state index is 13.2. The van der Waals surface area contributed by atoms with Gasteiger partial charge in [-0.1, -0.05) is 30.3 Å². The second-order valence-corrected chi connectivity index (χ2v) is 4.83. The van der Waals surface area contributed by atoms with Crippen LogP contribution in [0.1, 0.15) is 24.1 Å². The summed E-state index contributed by atoms with van der Waals surface area (Å²) >= 11 is 0. The second-order valence-electron chi connectivity index (χ2n) is 4.83. The van der Waals surface area contributed by atoms with Crippen LogP contribution in [0.2, 0.25) is 0 Å². The van der Waals surface area contributed by atoms with Gasteiger partial charge in [0.1, 0.15) is 5.82 Å². The van der Waals surface area contributed by atoms with E-state index in [1.54, 1.807) is 12.1 Å². The lowest BCUT2D eigenvalue weighted by Crippen LogP contribution is -2.20. The lowest BCUT2D eigenvalue weighted by molar-refractivity contribution is 0.625. The molecule has 2 aromatic carbocycles. The quantitative estimate of drug-likeness (QED) is 0.909. The Hall–Kier alpha value is -1.87. The van der Waals surface area contributed by atoms with Crippen LogP contribution in [-0.2, 0) is 6.54 Å². The van der Waals surface area contributed by atoms with E-state index in [0.29, 0.717) is 6.54 Å². The maximum absolute atomic E-state index is 13.2. The lowest BCUT2D eigenvalue weighted by Gasteiger charge is -2.24. The van der Waals surface area contributed by atoms with Crippen LogP contribution in [0.5, 0.6) is 0 Å². The lowest BCUT2D eigenvalue weighted by atomic mass is 10.1. The Morgan fingerprint density at radius 2 is 1.89 bits per heavy atom. The molecule has 0 bridgehead atoms. The summed E-state index contributed by atoms with van der Waals surface area (Å²) in [5.41, 5.74) is 9.11. The summed E-state index contributed by atoms with van der Waals surface area (Å²) in [5, 5.41) is 0. The SMILES string of the molecule is CC(N)c1ccccc1N(C)Cc1cccc(F)c1. The molecule has 0 fully saturated rings. The van der Waals surface area contributed by atoms with Crippen molar-refractivity contribution in [3.05, 3.63) is 65.5 Å². The number of halogens is 1. The van der Waals surface area contributed by atoms with Crippen molar-refractivity contribution in [2.24, 2.45) is 5.73 Å². The van der Waals surface area contributed by atoms with E-state index in [2.05, 4.69) is 4.90 Å². The molecule has 0 saturated carbocycles. The number of para-hydroxylation sites is 1. The van der Waals surface area contributed by atoms with Crippen molar-refractivity contribution in [2.45, 2.75) is 19.5 Å². The smallest absolute Gasteiger partial charge is 0.123 e. The van der Waals surface area contributed by atoms with E-state index in [1.165, 1.54) is 6.07 Å². The predicted molar refractivity (Wildman–Crippen MR) is 77.6 cm³/mol. The number of hydrogen-bond donors (Lipinski definition) is 1. The minimum atomic E-state index is -0.202. The van der Waals surface area contributed by atoms with Crippen molar-refractivity contribution < 1.29 is 4.39 Å². The van der Waals surface area contributed by atoms with Gasteiger partial charge in [-0.05, 0) is 36.2 Å². The minimum absolute atomic E-state index is 0.0221. The third kappa shape index (κ3) is 3.32. The van der Waals surface area contributed by atoms with Gasteiger partial charge in [0.25, 0.3) is 0 Å². The molecule has 1 unspecified atom stereocenters. The fourth-order valence-electron chi connectivity index (χ4n) is 2.21. The van der Waals surface area contributed by atoms with E-state index in [1.807, 2.05) is 44.3 Å². The highest BCUT2D eigenvalue weighted by molar-refractivity contribution is 5.54. The molecule has 2 nitrogen and oxygen atoms in total. The van der Waals surface area contributed by atoms with E-state index < -0.39 is 0 Å². The van der Waals surface area contributed by atoms with Crippen LogP contribution in [0, 0.1) is 5.82 Å². The first-order chi connectivity index (χ1) is 9.08. The summed E-state index contributed by atoms with van der Waals surface area (Å²) in [7, 11) is 1.99. The number of nitrogens with two attached hydrogens (primary N) is 1. The molecule has 0 aliphatic rings. The zero-order valence-electron chi connectivity index (χ0n) is 11.3. The fraction of sp³-hybridized carbons (Fsp3) is 0.250. The Morgan fingerprint density at radius 3 is 2.58 bits per heavy atom. The Morgan fingerprint density at radius 1 is 1.16 bits per heavy atom. The molecule has 2 rings (SSSR count). The molecule has 0 aliphatic heterocycles. The first kappa shape index (κ1) is 13.6. The van der Waals surface area contributed by atoms with Crippen LogP contribution >= 0.6 is 0 Å². The molecule has 0 saturated heterocycles. The molecule has 0 amide bonds. The highest BCUT2D eigenvalue weighted by Crippen LogP contribution is 2.25. The van der Waals surface area contributed by atoms with E-state index >= 15 is 0 Å². The summed E-state index contributed by atoms with van der Waals surface area (Å²) in [6, 6.07) is 14.7. The van der Waals surface area contributed by atoms with Crippen molar-refractivity contribution in [1.29, 1.82) is 0 Å². The monoisotopic (exact) mass is 258 g/mol. The van der Waals surface area contributed by atoms with E-state index in [9.17, 15) is 4.39 Å². The van der Waals surface area contributed by atoms with Gasteiger partial charge in [-0.2, -0.15) is 0 Å². The van der Waals surface area contributed by atoms with Gasteiger partial charge in [-0.15, -0.1) is 0 Å². The van der Waals surface area contributed by atoms with Crippen molar-refractivity contribution in [3.8, 4) is 0 Å². The maximum Gasteiger partial charge on any atom is 0.123 e. The summed E-state index contributed by atoms with van der Waals surface area (Å²) in [6.45, 7) is 2.62. The number of nitrogens with zero attached hydrogens (tertiary/aromatic N) is 1. The van der Waals surface area contributed by atoms with Gasteiger partial charge in [0.2, 0.25) is 0 Å². The van der Waals surface area contributed by atoms with Crippen LogP contribution in [0.15, 0.2) is 48.5 Å². The molecule has 100 valence electrons. The van der Waals surface area contributed by atoms with Crippen LogP contribution in [0.25, 0.3) is 0 Å². The summed E-state index contributed by atoms with van der Waals surface area (Å²) in [5.74, 6) is -0.202. The standard InChI is InChI=1S/C16H19FN2/c1-12(18)15-8-3-4-9-16(15)19(2)11-13-6-5-7-14(17)10-13/h3-10,12H,11,18H2,1-2H3. The molecule has 0 heterocycles. The van der Waals surface area contributed by atoms with Gasteiger partial charge in [0.05, 0.1) is 0 Å². The molecule has 0 aliphatic carbocycles. The van der Waals surface area contributed by atoms with Gasteiger partial charge < -0.3 is 10.6 Å². The van der Waals surface area contributed by atoms with Crippen molar-refractivity contribution in [2.75, 3.05) is 11.9 Å². The number of hydrogen-bond acceptors (Lipinski definition) is 2. The van der Waals surface area contributed by atoms with Crippen LogP contribution in [0.4, 0.5) is 10.1 Å². The summed E-state index contributed by atoms with van der Waals surface area (Å²) in [4.78, 5) is 2.09. The van der Waals surface area contributed by atoms with E-state index in [4.69, 9.17) is 5.73 Å². The molecular weight excluding hydrogens is 239 g/mol. The average molecular weight is 258 g/mol. The average Bonchev–Trinajstić information content (AvgIpc) is 2.38. The molecule has 19 heavy (non-hydrogen) atoms. The molecule has 0 radical (unpaired) electrons. The predicted octanol–water partition coefficient (Wildman–Crippen LogP) is 3.48. The Bertz CT molecular complexity index is 552. The first-order valence-corrected chi connectivity index (χ1v) is 6.38. The highest BCUT2D eigenvalue weighted by Gasteiger charge is 2.10. The van der Waals surface area contributed by atoms with Gasteiger partial charge in [-0.25, -0.2) is 4.39 Å². The zero-order chi connectivity index (χ0) is 13.8. The Labute approximate surface area is 113 Å². The van der Waals surface area contributed by atoms with Crippen LogP contribution in [0.3, 0.4) is 0 Å². The minimum Gasteiger partial charge on any atom is -0.370 e. The molecule has 1 atom stereocenters. The normalized spacial score (nSPS) is 12.2. The van der Waals surface area contributed by atoms with Gasteiger partial charge in [0.15, 0.2) is 0 Å². The van der Waals surface area contributed by atoms with E-state index in [0.717, 1.165) is 16.8 Å². The van der Waals surface area contributed by atoms with Crippen LogP contribution in [-0.4, -0.2) is 7.05 Å². The third-order valence-electron chi connectivity index (χ3n) is 3.15. The largest absolute Gasteiger partial charge is 0.370 e. The molecular formula is C16H19FN2. The van der Waals surface area contributed by atoms with Crippen molar-refractivity contribution >= 4 is 5.69 Å². The molecule has 2 aromatic rings. The number of anilines is 1. The Kier molecular flexibility index (Phi) is 4.17. The molecule has 0 spiro atoms. The fourth-order valence-corrected chi connectivity index (χ4v) is 2.21. The second kappa shape index (κ2) is 5.85. The van der Waals surface area contributed by atoms with Crippen molar-refractivity contribution in [1.82, 2.24) is 0 Å². The zero-order valence-corrected chi connectivity index (χ0v) is 11.3. The Balaban J connectivity index is 2.23. The highest BCUT2D eigenvalue weighted by atomic mass is 19.1. The molecule has 3 heteroatoms. The topological polar surface area (TPSA) is 29.3 Å². The molecule has 0 aromatic heterocycles. The van der Waals surface area contributed by atoms with Gasteiger partial charge in [-0.3, -0.25) is 0 Å². The number of benzene rings is 2.